The van der Waals surface area contributed by atoms with Gasteiger partial charge >= 0.3 is 0 Å². The van der Waals surface area contributed by atoms with E-state index in [0.717, 1.165) is 32.8 Å². The van der Waals surface area contributed by atoms with Crippen LogP contribution in [0.25, 0.3) is 0 Å². The number of hydrogen-bond donors (Lipinski definition) is 0. The first-order chi connectivity index (χ1) is 8.84. The molecule has 1 aromatic rings. The van der Waals surface area contributed by atoms with E-state index >= 15 is 0 Å². The van der Waals surface area contributed by atoms with Gasteiger partial charge in [0.2, 0.25) is 0 Å². The van der Waals surface area contributed by atoms with Gasteiger partial charge in [-0.25, -0.2) is 0 Å². The Morgan fingerprint density at radius 2 is 1.72 bits per heavy atom. The quantitative estimate of drug-likeness (QED) is 0.807. The fourth-order valence-electron chi connectivity index (χ4n) is 1.72. The van der Waals surface area contributed by atoms with E-state index < -0.39 is 0 Å². The van der Waals surface area contributed by atoms with Crippen LogP contribution >= 0.6 is 0 Å². The first-order valence-electron chi connectivity index (χ1n) is 7.05. The van der Waals surface area contributed by atoms with E-state index in [2.05, 4.69) is 22.9 Å². The van der Waals surface area contributed by atoms with Gasteiger partial charge in [0.15, 0.2) is 0 Å². The van der Waals surface area contributed by atoms with Crippen LogP contribution < -0.4 is 0 Å². The van der Waals surface area contributed by atoms with Gasteiger partial charge in [0, 0.05) is 32.0 Å². The highest BCUT2D eigenvalue weighted by Gasteiger charge is 2.10. The largest absolute Gasteiger partial charge is 0.379 e. The van der Waals surface area contributed by atoms with Gasteiger partial charge in [-0.15, -0.1) is 0 Å². The molecule has 1 aliphatic rings. The van der Waals surface area contributed by atoms with Gasteiger partial charge in [0.1, 0.15) is 0 Å². The predicted molar refractivity (Wildman–Crippen MR) is 77.8 cm³/mol. The Morgan fingerprint density at radius 1 is 1.11 bits per heavy atom. The van der Waals surface area contributed by atoms with Gasteiger partial charge in [0.05, 0.1) is 13.2 Å². The fraction of sp³-hybridized carbons (Fsp3) is 0.667. The summed E-state index contributed by atoms with van der Waals surface area (Å²) in [5.41, 5.74) is 2.53. The average molecular weight is 252 g/mol. The first-order valence-corrected chi connectivity index (χ1v) is 7.05. The maximum absolute atomic E-state index is 5.30. The molecule has 0 spiro atoms. The van der Waals surface area contributed by atoms with Gasteiger partial charge in [-0.3, -0.25) is 9.88 Å². The van der Waals surface area contributed by atoms with E-state index in [9.17, 15) is 0 Å². The zero-order valence-corrected chi connectivity index (χ0v) is 12.6. The van der Waals surface area contributed by atoms with Gasteiger partial charge < -0.3 is 4.74 Å². The number of nitrogens with zero attached hydrogens (tertiary/aromatic N) is 2. The van der Waals surface area contributed by atoms with Crippen molar-refractivity contribution in [2.45, 2.75) is 41.2 Å². The van der Waals surface area contributed by atoms with Crippen molar-refractivity contribution in [1.29, 1.82) is 0 Å². The lowest BCUT2D eigenvalue weighted by atomic mass is 10.2. The molecule has 0 aromatic carbocycles. The minimum atomic E-state index is 0.860. The molecule has 0 amide bonds. The third-order valence-corrected chi connectivity index (χ3v) is 2.44. The highest BCUT2D eigenvalue weighted by Crippen LogP contribution is 2.07. The predicted octanol–water partition coefficient (Wildman–Crippen LogP) is 3.27. The van der Waals surface area contributed by atoms with Crippen LogP contribution in [0, 0.1) is 6.92 Å². The zero-order valence-electron chi connectivity index (χ0n) is 12.6. The Hall–Kier alpha value is -0.930. The summed E-state index contributed by atoms with van der Waals surface area (Å²) in [7, 11) is 0. The van der Waals surface area contributed by atoms with Crippen molar-refractivity contribution in [3.8, 4) is 0 Å². The second-order valence-electron chi connectivity index (χ2n) is 3.76. The van der Waals surface area contributed by atoms with Crippen LogP contribution in [0.2, 0.25) is 0 Å². The molecule has 0 unspecified atom stereocenters. The Labute approximate surface area is 112 Å². The van der Waals surface area contributed by atoms with E-state index in [1.54, 1.807) is 0 Å². The Morgan fingerprint density at radius 3 is 2.28 bits per heavy atom. The summed E-state index contributed by atoms with van der Waals surface area (Å²) in [6.07, 6.45) is 3.84. The van der Waals surface area contributed by atoms with E-state index in [1.165, 1.54) is 11.1 Å². The fourth-order valence-corrected chi connectivity index (χ4v) is 1.72. The molecule has 3 nitrogen and oxygen atoms in total. The van der Waals surface area contributed by atoms with Gasteiger partial charge in [0.25, 0.3) is 0 Å². The van der Waals surface area contributed by atoms with Crippen LogP contribution in [-0.4, -0.2) is 36.2 Å². The molecule has 0 aliphatic carbocycles. The molecular weight excluding hydrogens is 224 g/mol. The van der Waals surface area contributed by atoms with Crippen LogP contribution in [0.4, 0.5) is 0 Å². The summed E-state index contributed by atoms with van der Waals surface area (Å²) in [6.45, 7) is 14.9. The highest BCUT2D eigenvalue weighted by molar-refractivity contribution is 5.16. The van der Waals surface area contributed by atoms with Crippen LogP contribution in [0.1, 0.15) is 38.8 Å². The van der Waals surface area contributed by atoms with E-state index in [0.29, 0.717) is 0 Å². The molecule has 18 heavy (non-hydrogen) atoms. The number of hydrogen-bond acceptors (Lipinski definition) is 3. The lowest BCUT2D eigenvalue weighted by molar-refractivity contribution is 0.0341. The molecule has 1 aromatic heterocycles. The maximum atomic E-state index is 5.30. The van der Waals surface area contributed by atoms with Gasteiger partial charge in [-0.2, -0.15) is 0 Å². The molecule has 1 fully saturated rings. The molecule has 2 rings (SSSR count). The number of ether oxygens (including phenoxy) is 1. The second kappa shape index (κ2) is 11.2. The summed E-state index contributed by atoms with van der Waals surface area (Å²) < 4.78 is 5.30. The standard InChI is InChI=1S/C11H16N2O.2C2H6/c1-10-6-11(8-12-7-10)9-13-2-4-14-5-3-13;2*1-2/h6-8H,2-5,9H2,1H3;2*1-2H3. The molecule has 2 heterocycles. The zero-order chi connectivity index (χ0) is 13.8. The third kappa shape index (κ3) is 6.72. The molecular formula is C15H28N2O. The summed E-state index contributed by atoms with van der Waals surface area (Å²) in [5, 5.41) is 0. The summed E-state index contributed by atoms with van der Waals surface area (Å²) >= 11 is 0. The third-order valence-electron chi connectivity index (χ3n) is 2.44. The molecule has 0 atom stereocenters. The van der Waals surface area contributed by atoms with E-state index in [4.69, 9.17) is 4.74 Å². The molecule has 0 N–H and O–H groups in total. The van der Waals surface area contributed by atoms with Crippen molar-refractivity contribution < 1.29 is 4.74 Å². The van der Waals surface area contributed by atoms with Crippen molar-refractivity contribution in [2.24, 2.45) is 0 Å². The molecule has 0 radical (unpaired) electrons. The highest BCUT2D eigenvalue weighted by atomic mass is 16.5. The minimum absolute atomic E-state index is 0.860. The summed E-state index contributed by atoms with van der Waals surface area (Å²) in [6, 6.07) is 2.20. The summed E-state index contributed by atoms with van der Waals surface area (Å²) in [5.74, 6) is 0. The molecule has 0 bridgehead atoms. The monoisotopic (exact) mass is 252 g/mol. The SMILES string of the molecule is CC.CC.Cc1cncc(CN2CCOCC2)c1. The number of aromatic nitrogens is 1. The van der Waals surface area contributed by atoms with Crippen LogP contribution in [0.5, 0.6) is 0 Å². The lowest BCUT2D eigenvalue weighted by Gasteiger charge is -2.26. The van der Waals surface area contributed by atoms with Crippen LogP contribution in [-0.2, 0) is 11.3 Å². The van der Waals surface area contributed by atoms with Gasteiger partial charge in [-0.05, 0) is 18.1 Å². The van der Waals surface area contributed by atoms with Crippen molar-refractivity contribution in [1.82, 2.24) is 9.88 Å². The number of pyridine rings is 1. The average Bonchev–Trinajstić information content (AvgIpc) is 2.44. The topological polar surface area (TPSA) is 25.4 Å². The summed E-state index contributed by atoms with van der Waals surface area (Å²) in [4.78, 5) is 6.59. The van der Waals surface area contributed by atoms with Crippen molar-refractivity contribution >= 4 is 0 Å². The number of morpholine rings is 1. The molecule has 1 saturated heterocycles. The second-order valence-corrected chi connectivity index (χ2v) is 3.76. The molecule has 0 saturated carbocycles. The molecule has 1 aliphatic heterocycles. The number of aryl methyl sites for hydroxylation is 1. The van der Waals surface area contributed by atoms with Crippen molar-refractivity contribution in [3.63, 3.8) is 0 Å². The van der Waals surface area contributed by atoms with Crippen LogP contribution in [0.15, 0.2) is 18.5 Å². The Bertz CT molecular complexity index is 296. The normalized spacial score (nSPS) is 14.9. The van der Waals surface area contributed by atoms with Crippen molar-refractivity contribution in [3.05, 3.63) is 29.6 Å². The first kappa shape index (κ1) is 17.1. The smallest absolute Gasteiger partial charge is 0.0594 e. The van der Waals surface area contributed by atoms with Gasteiger partial charge in [-0.1, -0.05) is 33.8 Å². The Balaban J connectivity index is 0.000000659. The molecule has 104 valence electrons. The van der Waals surface area contributed by atoms with E-state index in [1.807, 2.05) is 40.1 Å². The maximum Gasteiger partial charge on any atom is 0.0594 e. The number of rotatable bonds is 2. The Kier molecular flexibility index (Phi) is 10.6. The van der Waals surface area contributed by atoms with Crippen molar-refractivity contribution in [2.75, 3.05) is 26.3 Å². The van der Waals surface area contributed by atoms with Crippen LogP contribution in [0.3, 0.4) is 0 Å². The minimum Gasteiger partial charge on any atom is -0.379 e. The lowest BCUT2D eigenvalue weighted by Crippen LogP contribution is -2.35. The van der Waals surface area contributed by atoms with E-state index in [-0.39, 0.29) is 0 Å². The molecule has 3 heteroatoms.